The summed E-state index contributed by atoms with van der Waals surface area (Å²) in [5.41, 5.74) is 0. The van der Waals surface area contributed by atoms with Crippen molar-refractivity contribution in [2.75, 3.05) is 13.1 Å². The zero-order valence-corrected chi connectivity index (χ0v) is 10.2. The van der Waals surface area contributed by atoms with Gasteiger partial charge >= 0.3 is 0 Å². The molecular formula is C13H27N. The monoisotopic (exact) mass is 197 g/mol. The Labute approximate surface area is 89.7 Å². The molecule has 14 heavy (non-hydrogen) atoms. The Morgan fingerprint density at radius 3 is 2.43 bits per heavy atom. The highest BCUT2D eigenvalue weighted by atomic mass is 14.9. The summed E-state index contributed by atoms with van der Waals surface area (Å²) in [6.07, 6.45) is 7.21. The first-order valence-corrected chi connectivity index (χ1v) is 6.48. The Morgan fingerprint density at radius 1 is 1.21 bits per heavy atom. The maximum Gasteiger partial charge on any atom is -0.00180 e. The molecule has 1 fully saturated rings. The molecule has 0 bridgehead atoms. The predicted molar refractivity (Wildman–Crippen MR) is 63.4 cm³/mol. The fourth-order valence-electron chi connectivity index (χ4n) is 2.67. The van der Waals surface area contributed by atoms with Gasteiger partial charge in [-0.25, -0.2) is 0 Å². The molecule has 0 amide bonds. The SMILES string of the molecule is CCCC(C)CC1CCC1CNCC. The van der Waals surface area contributed by atoms with Crippen molar-refractivity contribution in [2.24, 2.45) is 17.8 Å². The van der Waals surface area contributed by atoms with Gasteiger partial charge in [0.15, 0.2) is 0 Å². The lowest BCUT2D eigenvalue weighted by Gasteiger charge is -2.38. The molecule has 1 saturated carbocycles. The molecule has 1 aliphatic carbocycles. The molecule has 0 spiro atoms. The average molecular weight is 197 g/mol. The van der Waals surface area contributed by atoms with Crippen LogP contribution in [0.5, 0.6) is 0 Å². The third-order valence-electron chi connectivity index (χ3n) is 3.72. The van der Waals surface area contributed by atoms with E-state index in [4.69, 9.17) is 0 Å². The van der Waals surface area contributed by atoms with Crippen LogP contribution in [-0.2, 0) is 0 Å². The second-order valence-corrected chi connectivity index (χ2v) is 5.03. The molecule has 0 heterocycles. The molecule has 1 N–H and O–H groups in total. The van der Waals surface area contributed by atoms with Crippen LogP contribution in [-0.4, -0.2) is 13.1 Å². The first-order chi connectivity index (χ1) is 6.77. The van der Waals surface area contributed by atoms with Crippen LogP contribution in [0.2, 0.25) is 0 Å². The van der Waals surface area contributed by atoms with Crippen LogP contribution in [0.15, 0.2) is 0 Å². The minimum Gasteiger partial charge on any atom is -0.317 e. The maximum atomic E-state index is 3.49. The van der Waals surface area contributed by atoms with Crippen LogP contribution < -0.4 is 5.32 Å². The quantitative estimate of drug-likeness (QED) is 0.659. The fraction of sp³-hybridized carbons (Fsp3) is 1.00. The van der Waals surface area contributed by atoms with E-state index in [1.165, 1.54) is 38.6 Å². The molecule has 0 saturated heterocycles. The lowest BCUT2D eigenvalue weighted by Crippen LogP contribution is -2.36. The lowest BCUT2D eigenvalue weighted by atomic mass is 9.69. The van der Waals surface area contributed by atoms with Gasteiger partial charge in [0.1, 0.15) is 0 Å². The van der Waals surface area contributed by atoms with Gasteiger partial charge in [-0.1, -0.05) is 33.6 Å². The van der Waals surface area contributed by atoms with Gasteiger partial charge in [0.25, 0.3) is 0 Å². The first kappa shape index (κ1) is 12.0. The van der Waals surface area contributed by atoms with E-state index in [9.17, 15) is 0 Å². The van der Waals surface area contributed by atoms with E-state index in [-0.39, 0.29) is 0 Å². The molecule has 0 aromatic heterocycles. The lowest BCUT2D eigenvalue weighted by molar-refractivity contribution is 0.139. The molecule has 0 aromatic carbocycles. The predicted octanol–water partition coefficient (Wildman–Crippen LogP) is 3.45. The van der Waals surface area contributed by atoms with E-state index in [0.29, 0.717) is 0 Å². The Bertz CT molecular complexity index is 144. The van der Waals surface area contributed by atoms with Crippen molar-refractivity contribution in [3.8, 4) is 0 Å². The van der Waals surface area contributed by atoms with E-state index in [2.05, 4.69) is 26.1 Å². The van der Waals surface area contributed by atoms with E-state index in [1.54, 1.807) is 0 Å². The van der Waals surface area contributed by atoms with Crippen molar-refractivity contribution in [1.29, 1.82) is 0 Å². The van der Waals surface area contributed by atoms with Crippen LogP contribution in [0.4, 0.5) is 0 Å². The van der Waals surface area contributed by atoms with E-state index in [1.807, 2.05) is 0 Å². The van der Waals surface area contributed by atoms with Gasteiger partial charge < -0.3 is 5.32 Å². The highest BCUT2D eigenvalue weighted by Crippen LogP contribution is 2.38. The fourth-order valence-corrected chi connectivity index (χ4v) is 2.67. The largest absolute Gasteiger partial charge is 0.317 e. The van der Waals surface area contributed by atoms with Gasteiger partial charge in [-0.2, -0.15) is 0 Å². The smallest absolute Gasteiger partial charge is 0.00180 e. The number of nitrogens with one attached hydrogen (secondary N) is 1. The Kier molecular flexibility index (Phi) is 5.54. The standard InChI is InChI=1S/C13H27N/c1-4-6-11(3)9-12-7-8-13(12)10-14-5-2/h11-14H,4-10H2,1-3H3. The van der Waals surface area contributed by atoms with E-state index in [0.717, 1.165) is 24.3 Å². The third-order valence-corrected chi connectivity index (χ3v) is 3.72. The molecule has 1 aliphatic rings. The summed E-state index contributed by atoms with van der Waals surface area (Å²) in [6, 6.07) is 0. The van der Waals surface area contributed by atoms with Gasteiger partial charge in [0.2, 0.25) is 0 Å². The van der Waals surface area contributed by atoms with Gasteiger partial charge in [-0.3, -0.25) is 0 Å². The molecule has 1 nitrogen and oxygen atoms in total. The zero-order chi connectivity index (χ0) is 10.4. The minimum atomic E-state index is 0.953. The molecule has 1 rings (SSSR count). The topological polar surface area (TPSA) is 12.0 Å². The number of rotatable bonds is 7. The average Bonchev–Trinajstić information content (AvgIpc) is 2.14. The van der Waals surface area contributed by atoms with Crippen molar-refractivity contribution < 1.29 is 0 Å². The summed E-state index contributed by atoms with van der Waals surface area (Å²) in [5.74, 6) is 2.99. The summed E-state index contributed by atoms with van der Waals surface area (Å²) < 4.78 is 0. The van der Waals surface area contributed by atoms with Crippen molar-refractivity contribution in [3.63, 3.8) is 0 Å². The third kappa shape index (κ3) is 3.61. The molecule has 84 valence electrons. The molecular weight excluding hydrogens is 170 g/mol. The van der Waals surface area contributed by atoms with Crippen LogP contribution in [0.25, 0.3) is 0 Å². The van der Waals surface area contributed by atoms with E-state index >= 15 is 0 Å². The van der Waals surface area contributed by atoms with Crippen molar-refractivity contribution >= 4 is 0 Å². The van der Waals surface area contributed by atoms with Crippen LogP contribution >= 0.6 is 0 Å². The number of hydrogen-bond donors (Lipinski definition) is 1. The second-order valence-electron chi connectivity index (χ2n) is 5.03. The highest BCUT2D eigenvalue weighted by molar-refractivity contribution is 4.83. The van der Waals surface area contributed by atoms with Crippen molar-refractivity contribution in [2.45, 2.75) is 52.9 Å². The zero-order valence-electron chi connectivity index (χ0n) is 10.2. The maximum absolute atomic E-state index is 3.49. The molecule has 3 unspecified atom stereocenters. The molecule has 0 aliphatic heterocycles. The van der Waals surface area contributed by atoms with Gasteiger partial charge in [0, 0.05) is 0 Å². The Balaban J connectivity index is 2.12. The van der Waals surface area contributed by atoms with E-state index < -0.39 is 0 Å². The molecule has 3 atom stereocenters. The normalized spacial score (nSPS) is 28.5. The highest BCUT2D eigenvalue weighted by Gasteiger charge is 2.30. The molecule has 0 radical (unpaired) electrons. The van der Waals surface area contributed by atoms with Crippen LogP contribution in [0.3, 0.4) is 0 Å². The molecule has 1 heteroatoms. The minimum absolute atomic E-state index is 0.953. The summed E-state index contributed by atoms with van der Waals surface area (Å²) in [4.78, 5) is 0. The first-order valence-electron chi connectivity index (χ1n) is 6.48. The number of hydrogen-bond acceptors (Lipinski definition) is 1. The van der Waals surface area contributed by atoms with Gasteiger partial charge in [0.05, 0.1) is 0 Å². The summed E-state index contributed by atoms with van der Waals surface area (Å²) >= 11 is 0. The summed E-state index contributed by atoms with van der Waals surface area (Å²) in [7, 11) is 0. The van der Waals surface area contributed by atoms with Gasteiger partial charge in [-0.15, -0.1) is 0 Å². The molecule has 0 aromatic rings. The second kappa shape index (κ2) is 6.44. The van der Waals surface area contributed by atoms with Gasteiger partial charge in [-0.05, 0) is 50.1 Å². The summed E-state index contributed by atoms with van der Waals surface area (Å²) in [6.45, 7) is 9.32. The van der Waals surface area contributed by atoms with Crippen LogP contribution in [0.1, 0.15) is 52.9 Å². The van der Waals surface area contributed by atoms with Crippen molar-refractivity contribution in [3.05, 3.63) is 0 Å². The summed E-state index contributed by atoms with van der Waals surface area (Å²) in [5, 5.41) is 3.49. The Hall–Kier alpha value is -0.0400. The van der Waals surface area contributed by atoms with Crippen LogP contribution in [0, 0.1) is 17.8 Å². The van der Waals surface area contributed by atoms with Crippen molar-refractivity contribution in [1.82, 2.24) is 5.32 Å². The Morgan fingerprint density at radius 2 is 1.93 bits per heavy atom.